The highest BCUT2D eigenvalue weighted by Gasteiger charge is 2.57. The molecule has 5 atom stereocenters. The molecule has 0 amide bonds. The van der Waals surface area contributed by atoms with Gasteiger partial charge in [-0.2, -0.15) is 0 Å². The predicted octanol–water partition coefficient (Wildman–Crippen LogP) is 1.21. The molecule has 0 spiro atoms. The van der Waals surface area contributed by atoms with Gasteiger partial charge in [0.05, 0.1) is 27.2 Å². The summed E-state index contributed by atoms with van der Waals surface area (Å²) in [6.45, 7) is 7.79. The van der Waals surface area contributed by atoms with E-state index in [0.717, 1.165) is 30.6 Å². The van der Waals surface area contributed by atoms with Gasteiger partial charge in [-0.3, -0.25) is 4.79 Å². The molecule has 0 aromatic carbocycles. The molecule has 0 unspecified atom stereocenters. The molecular formula is C21H34INO. The molecule has 0 aromatic rings. The number of carbonyl (C=O) groups excluding carboxylic acids is 1. The number of piperidine rings is 1. The number of ketones is 1. The van der Waals surface area contributed by atoms with Crippen molar-refractivity contribution in [1.82, 2.24) is 0 Å². The summed E-state index contributed by atoms with van der Waals surface area (Å²) in [7, 11) is 4.84. The number of hydrogen-bond acceptors (Lipinski definition) is 1. The fourth-order valence-electron chi connectivity index (χ4n) is 7.26. The summed E-state index contributed by atoms with van der Waals surface area (Å²) in [5, 5.41) is 0. The Kier molecular flexibility index (Phi) is 4.78. The molecule has 3 aliphatic carbocycles. The van der Waals surface area contributed by atoms with Crippen molar-refractivity contribution < 1.29 is 33.3 Å². The summed E-state index contributed by atoms with van der Waals surface area (Å²) in [6, 6.07) is 0. The third kappa shape index (κ3) is 2.82. The van der Waals surface area contributed by atoms with Crippen molar-refractivity contribution in [3.05, 3.63) is 11.6 Å². The molecule has 136 valence electrons. The molecule has 0 N–H and O–H groups in total. The molecule has 24 heavy (non-hydrogen) atoms. The van der Waals surface area contributed by atoms with Crippen LogP contribution in [-0.4, -0.2) is 37.5 Å². The van der Waals surface area contributed by atoms with E-state index in [1.807, 2.05) is 6.08 Å². The van der Waals surface area contributed by atoms with E-state index in [9.17, 15) is 4.79 Å². The molecule has 0 radical (unpaired) electrons. The van der Waals surface area contributed by atoms with Crippen LogP contribution in [0.15, 0.2) is 11.6 Å². The van der Waals surface area contributed by atoms with E-state index < -0.39 is 0 Å². The number of halogens is 1. The minimum Gasteiger partial charge on any atom is -1.00 e. The maximum atomic E-state index is 11.9. The lowest BCUT2D eigenvalue weighted by Crippen LogP contribution is -3.00. The Morgan fingerprint density at radius 2 is 1.79 bits per heavy atom. The summed E-state index contributed by atoms with van der Waals surface area (Å²) in [5.41, 5.74) is 2.39. The summed E-state index contributed by atoms with van der Waals surface area (Å²) in [6.07, 6.45) is 10.7. The van der Waals surface area contributed by atoms with Crippen molar-refractivity contribution in [2.75, 3.05) is 27.2 Å². The highest BCUT2D eigenvalue weighted by molar-refractivity contribution is 5.91. The first-order valence-electron chi connectivity index (χ1n) is 9.79. The van der Waals surface area contributed by atoms with Gasteiger partial charge in [-0.15, -0.1) is 0 Å². The van der Waals surface area contributed by atoms with Crippen molar-refractivity contribution in [3.63, 3.8) is 0 Å². The third-order valence-corrected chi connectivity index (χ3v) is 8.31. The molecule has 2 saturated carbocycles. The molecule has 2 nitrogen and oxygen atoms in total. The number of likely N-dealkylation sites (tertiary alicyclic amines) is 1. The lowest BCUT2D eigenvalue weighted by Gasteiger charge is -2.61. The lowest BCUT2D eigenvalue weighted by molar-refractivity contribution is -0.905. The van der Waals surface area contributed by atoms with Gasteiger partial charge in [0.15, 0.2) is 5.78 Å². The molecule has 3 fully saturated rings. The molecule has 4 aliphatic rings. The van der Waals surface area contributed by atoms with Gasteiger partial charge in [-0.05, 0) is 61.3 Å². The average Bonchev–Trinajstić information content (AvgIpc) is 2.45. The summed E-state index contributed by atoms with van der Waals surface area (Å²) >= 11 is 0. The van der Waals surface area contributed by atoms with E-state index in [-0.39, 0.29) is 24.0 Å². The average molecular weight is 443 g/mol. The Balaban J connectivity index is 0.00000169. The highest BCUT2D eigenvalue weighted by atomic mass is 127. The van der Waals surface area contributed by atoms with E-state index >= 15 is 0 Å². The molecule has 0 aromatic heterocycles. The first-order valence-corrected chi connectivity index (χ1v) is 9.79. The molecular weight excluding hydrogens is 409 g/mol. The summed E-state index contributed by atoms with van der Waals surface area (Å²) in [4.78, 5) is 11.9. The van der Waals surface area contributed by atoms with Crippen molar-refractivity contribution in [3.8, 4) is 0 Å². The monoisotopic (exact) mass is 443 g/mol. The summed E-state index contributed by atoms with van der Waals surface area (Å²) < 4.78 is 1.21. The second-order valence-corrected chi connectivity index (χ2v) is 10.3. The maximum Gasteiger partial charge on any atom is 0.155 e. The van der Waals surface area contributed by atoms with Gasteiger partial charge in [0.2, 0.25) is 0 Å². The van der Waals surface area contributed by atoms with Crippen molar-refractivity contribution in [1.29, 1.82) is 0 Å². The van der Waals surface area contributed by atoms with Crippen LogP contribution in [-0.2, 0) is 4.79 Å². The second-order valence-electron chi connectivity index (χ2n) is 10.3. The number of quaternary nitrogens is 1. The molecule has 1 aliphatic heterocycles. The Hall–Kier alpha value is 0.1000. The summed E-state index contributed by atoms with van der Waals surface area (Å²) in [5.74, 6) is 3.04. The second kappa shape index (κ2) is 6.07. The number of hydrogen-bond donors (Lipinski definition) is 0. The zero-order chi connectivity index (χ0) is 16.5. The largest absolute Gasteiger partial charge is 1.00 e. The van der Waals surface area contributed by atoms with Crippen LogP contribution in [0.1, 0.15) is 58.8 Å². The zero-order valence-corrected chi connectivity index (χ0v) is 18.1. The normalized spacial score (nSPS) is 46.8. The van der Waals surface area contributed by atoms with Gasteiger partial charge in [0.1, 0.15) is 0 Å². The number of carbonyl (C=O) groups is 1. The minimum absolute atomic E-state index is 0. The third-order valence-electron chi connectivity index (χ3n) is 8.31. The van der Waals surface area contributed by atoms with Crippen LogP contribution < -0.4 is 24.0 Å². The zero-order valence-electron chi connectivity index (χ0n) is 15.9. The van der Waals surface area contributed by atoms with E-state index in [1.54, 1.807) is 0 Å². The molecule has 1 saturated heterocycles. The Bertz CT molecular complexity index is 568. The van der Waals surface area contributed by atoms with E-state index in [0.29, 0.717) is 16.6 Å². The molecule has 0 bridgehead atoms. The van der Waals surface area contributed by atoms with Crippen LogP contribution in [0.25, 0.3) is 0 Å². The van der Waals surface area contributed by atoms with Crippen LogP contribution in [0.3, 0.4) is 0 Å². The molecule has 1 heterocycles. The Morgan fingerprint density at radius 3 is 2.54 bits per heavy atom. The van der Waals surface area contributed by atoms with Crippen molar-refractivity contribution in [2.45, 2.75) is 58.8 Å². The smallest absolute Gasteiger partial charge is 0.155 e. The van der Waals surface area contributed by atoms with Crippen LogP contribution >= 0.6 is 0 Å². The molecule has 4 rings (SSSR count). The first-order chi connectivity index (χ1) is 10.7. The minimum atomic E-state index is 0. The van der Waals surface area contributed by atoms with Crippen LogP contribution in [0.2, 0.25) is 0 Å². The van der Waals surface area contributed by atoms with Crippen LogP contribution in [0.5, 0.6) is 0 Å². The number of allylic oxidation sites excluding steroid dienone is 2. The number of nitrogens with zero attached hydrogens (tertiary/aromatic N) is 1. The standard InChI is InChI=1S/C21H34NO.HI/c1-20-10-8-19-17(18(20)9-12-22(3,4)14-20)6-5-15-13-16(23)7-11-21(15,19)2;/h13,17-19H,5-12,14H2,1-4H3;1H/q+1;/p-1/t17-,18-,19-,20+,21-;/m0./s1. The Morgan fingerprint density at radius 1 is 1.04 bits per heavy atom. The first kappa shape index (κ1) is 18.9. The fourth-order valence-corrected chi connectivity index (χ4v) is 7.26. The maximum absolute atomic E-state index is 11.9. The highest BCUT2D eigenvalue weighted by Crippen LogP contribution is 2.63. The van der Waals surface area contributed by atoms with E-state index in [4.69, 9.17) is 0 Å². The number of rotatable bonds is 0. The van der Waals surface area contributed by atoms with Gasteiger partial charge >= 0.3 is 0 Å². The fraction of sp³-hybridized carbons (Fsp3) is 0.857. The topological polar surface area (TPSA) is 17.1 Å². The molecule has 3 heteroatoms. The van der Waals surface area contributed by atoms with Crippen molar-refractivity contribution in [2.24, 2.45) is 28.6 Å². The van der Waals surface area contributed by atoms with Gasteiger partial charge in [0, 0.05) is 18.3 Å². The van der Waals surface area contributed by atoms with E-state index in [2.05, 4.69) is 27.9 Å². The number of fused-ring (bicyclic) bond motifs is 5. The lowest BCUT2D eigenvalue weighted by atomic mass is 9.46. The van der Waals surface area contributed by atoms with Crippen LogP contribution in [0, 0.1) is 28.6 Å². The Labute approximate surface area is 165 Å². The van der Waals surface area contributed by atoms with Gasteiger partial charge in [-0.1, -0.05) is 19.4 Å². The van der Waals surface area contributed by atoms with Gasteiger partial charge in [0.25, 0.3) is 0 Å². The van der Waals surface area contributed by atoms with Gasteiger partial charge < -0.3 is 28.5 Å². The van der Waals surface area contributed by atoms with Crippen molar-refractivity contribution >= 4 is 5.78 Å². The van der Waals surface area contributed by atoms with Gasteiger partial charge in [-0.25, -0.2) is 0 Å². The van der Waals surface area contributed by atoms with E-state index in [1.165, 1.54) is 55.2 Å². The predicted molar refractivity (Wildman–Crippen MR) is 93.9 cm³/mol. The quantitative estimate of drug-likeness (QED) is 0.407. The SMILES string of the molecule is C[C@]12CC[C@H]3[C@@H](CCC4=CC(=O)CC[C@@]43C)[C@@H]1CC[N+](C)(C)C2.[I-]. The van der Waals surface area contributed by atoms with Crippen LogP contribution in [0.4, 0.5) is 0 Å².